The van der Waals surface area contributed by atoms with E-state index in [1.807, 2.05) is 12.1 Å². The van der Waals surface area contributed by atoms with Crippen LogP contribution in [0.1, 0.15) is 19.3 Å². The minimum absolute atomic E-state index is 0.702. The number of hydrogen-bond acceptors (Lipinski definition) is 3. The highest BCUT2D eigenvalue weighted by Gasteiger charge is 2.15. The molecule has 1 aliphatic heterocycles. The molecule has 1 aromatic rings. The number of unbranched alkanes of at least 4 members (excludes halogenated alkanes) is 2. The van der Waals surface area contributed by atoms with E-state index in [1.54, 1.807) is 6.20 Å². The Morgan fingerprint density at radius 3 is 2.94 bits per heavy atom. The summed E-state index contributed by atoms with van der Waals surface area (Å²) in [6.07, 6.45) is 5.38. The Bertz CT molecular complexity index is 329. The van der Waals surface area contributed by atoms with Crippen LogP contribution in [-0.4, -0.2) is 36.1 Å². The standard InChI is InChI=1S/C12H17BrN2O/c13-11-5-4-6-14-12(11)16-10-3-1-2-7-15-8-9-15/h4-6H,1-3,7-10H2. The fraction of sp³-hybridized carbons (Fsp3) is 0.583. The van der Waals surface area contributed by atoms with Crippen molar-refractivity contribution in [2.75, 3.05) is 26.2 Å². The molecular weight excluding hydrogens is 268 g/mol. The van der Waals surface area contributed by atoms with E-state index in [0.29, 0.717) is 5.88 Å². The van der Waals surface area contributed by atoms with E-state index in [0.717, 1.165) is 17.5 Å². The molecule has 1 saturated heterocycles. The Balaban J connectivity index is 1.55. The quantitative estimate of drug-likeness (QED) is 0.569. The first-order chi connectivity index (χ1) is 7.86. The number of pyridine rings is 1. The van der Waals surface area contributed by atoms with E-state index in [1.165, 1.54) is 32.5 Å². The van der Waals surface area contributed by atoms with Crippen molar-refractivity contribution in [3.63, 3.8) is 0 Å². The monoisotopic (exact) mass is 284 g/mol. The van der Waals surface area contributed by atoms with Gasteiger partial charge in [0, 0.05) is 19.3 Å². The molecule has 3 nitrogen and oxygen atoms in total. The fourth-order valence-electron chi connectivity index (χ4n) is 1.55. The molecule has 1 fully saturated rings. The molecular formula is C12H17BrN2O. The maximum absolute atomic E-state index is 5.59. The van der Waals surface area contributed by atoms with Gasteiger partial charge in [0.05, 0.1) is 11.1 Å². The first-order valence-corrected chi connectivity index (χ1v) is 6.61. The van der Waals surface area contributed by atoms with Crippen molar-refractivity contribution in [3.05, 3.63) is 22.8 Å². The van der Waals surface area contributed by atoms with E-state index in [-0.39, 0.29) is 0 Å². The van der Waals surface area contributed by atoms with Gasteiger partial charge in [-0.2, -0.15) is 0 Å². The first kappa shape index (κ1) is 11.9. The molecule has 0 spiro atoms. The van der Waals surface area contributed by atoms with Crippen LogP contribution in [0.4, 0.5) is 0 Å². The molecule has 16 heavy (non-hydrogen) atoms. The molecule has 0 aliphatic carbocycles. The van der Waals surface area contributed by atoms with Gasteiger partial charge in [-0.3, -0.25) is 0 Å². The zero-order valence-corrected chi connectivity index (χ0v) is 10.9. The van der Waals surface area contributed by atoms with Gasteiger partial charge in [-0.25, -0.2) is 4.98 Å². The summed E-state index contributed by atoms with van der Waals surface area (Å²) in [5.74, 6) is 0.702. The van der Waals surface area contributed by atoms with Crippen LogP contribution in [-0.2, 0) is 0 Å². The van der Waals surface area contributed by atoms with Gasteiger partial charge in [0.15, 0.2) is 0 Å². The summed E-state index contributed by atoms with van der Waals surface area (Å²) in [5.41, 5.74) is 0. The van der Waals surface area contributed by atoms with E-state index >= 15 is 0 Å². The summed E-state index contributed by atoms with van der Waals surface area (Å²) in [5, 5.41) is 0. The van der Waals surface area contributed by atoms with Crippen molar-refractivity contribution >= 4 is 15.9 Å². The first-order valence-electron chi connectivity index (χ1n) is 5.82. The van der Waals surface area contributed by atoms with E-state index < -0.39 is 0 Å². The third kappa shape index (κ3) is 4.10. The average molecular weight is 285 g/mol. The van der Waals surface area contributed by atoms with Crippen LogP contribution in [0.25, 0.3) is 0 Å². The SMILES string of the molecule is Brc1cccnc1OCCCCCN1CC1. The van der Waals surface area contributed by atoms with Gasteiger partial charge >= 0.3 is 0 Å². The zero-order valence-electron chi connectivity index (χ0n) is 9.36. The Morgan fingerprint density at radius 1 is 1.31 bits per heavy atom. The number of rotatable bonds is 7. The molecule has 0 bridgehead atoms. The average Bonchev–Trinajstić information content (AvgIpc) is 3.09. The van der Waals surface area contributed by atoms with Crippen LogP contribution >= 0.6 is 15.9 Å². The smallest absolute Gasteiger partial charge is 0.227 e. The summed E-state index contributed by atoms with van der Waals surface area (Å²) in [4.78, 5) is 6.61. The van der Waals surface area contributed by atoms with Gasteiger partial charge in [-0.15, -0.1) is 0 Å². The van der Waals surface area contributed by atoms with E-state index in [2.05, 4.69) is 25.8 Å². The van der Waals surface area contributed by atoms with E-state index in [4.69, 9.17) is 4.74 Å². The second-order valence-electron chi connectivity index (χ2n) is 4.04. The highest BCUT2D eigenvalue weighted by atomic mass is 79.9. The molecule has 0 aromatic carbocycles. The molecule has 0 unspecified atom stereocenters. The normalized spacial score (nSPS) is 15.1. The lowest BCUT2D eigenvalue weighted by atomic mass is 10.2. The maximum atomic E-state index is 5.59. The Hall–Kier alpha value is -0.610. The molecule has 0 atom stereocenters. The molecule has 1 aliphatic rings. The molecule has 2 heterocycles. The van der Waals surface area contributed by atoms with Crippen LogP contribution in [0, 0.1) is 0 Å². The Kier molecular flexibility index (Phi) is 4.60. The van der Waals surface area contributed by atoms with Crippen LogP contribution in [0.3, 0.4) is 0 Å². The molecule has 4 heteroatoms. The summed E-state index contributed by atoms with van der Waals surface area (Å²) in [7, 11) is 0. The maximum Gasteiger partial charge on any atom is 0.227 e. The van der Waals surface area contributed by atoms with Crippen molar-refractivity contribution in [3.8, 4) is 5.88 Å². The van der Waals surface area contributed by atoms with Crippen LogP contribution in [0.2, 0.25) is 0 Å². The molecule has 0 saturated carbocycles. The second kappa shape index (κ2) is 6.21. The summed E-state index contributed by atoms with van der Waals surface area (Å²) in [6.45, 7) is 4.62. The summed E-state index contributed by atoms with van der Waals surface area (Å²) >= 11 is 3.41. The zero-order chi connectivity index (χ0) is 11.2. The predicted molar refractivity (Wildman–Crippen MR) is 67.7 cm³/mol. The van der Waals surface area contributed by atoms with Gasteiger partial charge in [-0.1, -0.05) is 0 Å². The highest BCUT2D eigenvalue weighted by molar-refractivity contribution is 9.10. The Morgan fingerprint density at radius 2 is 2.19 bits per heavy atom. The van der Waals surface area contributed by atoms with Gasteiger partial charge in [0.25, 0.3) is 0 Å². The van der Waals surface area contributed by atoms with Crippen molar-refractivity contribution in [2.24, 2.45) is 0 Å². The van der Waals surface area contributed by atoms with E-state index in [9.17, 15) is 0 Å². The minimum atomic E-state index is 0.702. The van der Waals surface area contributed by atoms with Crippen molar-refractivity contribution in [1.82, 2.24) is 9.88 Å². The molecule has 0 N–H and O–H groups in total. The van der Waals surface area contributed by atoms with Crippen LogP contribution < -0.4 is 4.74 Å². The third-order valence-electron chi connectivity index (χ3n) is 2.62. The summed E-state index contributed by atoms with van der Waals surface area (Å²) < 4.78 is 6.52. The van der Waals surface area contributed by atoms with Crippen molar-refractivity contribution in [2.45, 2.75) is 19.3 Å². The topological polar surface area (TPSA) is 25.1 Å². The van der Waals surface area contributed by atoms with Gasteiger partial charge in [-0.05, 0) is 53.9 Å². The van der Waals surface area contributed by atoms with Crippen molar-refractivity contribution < 1.29 is 4.74 Å². The van der Waals surface area contributed by atoms with Crippen LogP contribution in [0.5, 0.6) is 5.88 Å². The lowest BCUT2D eigenvalue weighted by Crippen LogP contribution is -2.02. The molecule has 0 amide bonds. The van der Waals surface area contributed by atoms with Gasteiger partial charge in [0.2, 0.25) is 5.88 Å². The lowest BCUT2D eigenvalue weighted by molar-refractivity contribution is 0.290. The molecule has 88 valence electrons. The largest absolute Gasteiger partial charge is 0.477 e. The highest BCUT2D eigenvalue weighted by Crippen LogP contribution is 2.20. The molecule has 1 aromatic heterocycles. The molecule has 0 radical (unpaired) electrons. The second-order valence-corrected chi connectivity index (χ2v) is 4.90. The Labute approximate surface area is 105 Å². The van der Waals surface area contributed by atoms with Gasteiger partial charge < -0.3 is 9.64 Å². The summed E-state index contributed by atoms with van der Waals surface area (Å²) in [6, 6.07) is 3.84. The minimum Gasteiger partial charge on any atom is -0.477 e. The van der Waals surface area contributed by atoms with Crippen LogP contribution in [0.15, 0.2) is 22.8 Å². The number of ether oxygens (including phenoxy) is 1. The predicted octanol–water partition coefficient (Wildman–Crippen LogP) is 2.71. The molecule has 2 rings (SSSR count). The number of aromatic nitrogens is 1. The third-order valence-corrected chi connectivity index (χ3v) is 3.23. The number of halogens is 1. The van der Waals surface area contributed by atoms with Gasteiger partial charge in [0.1, 0.15) is 0 Å². The fourth-order valence-corrected chi connectivity index (χ4v) is 1.92. The number of nitrogens with zero attached hydrogens (tertiary/aromatic N) is 2. The van der Waals surface area contributed by atoms with Crippen molar-refractivity contribution in [1.29, 1.82) is 0 Å². The number of hydrogen-bond donors (Lipinski definition) is 0. The lowest BCUT2D eigenvalue weighted by Gasteiger charge is -2.06.